The van der Waals surface area contributed by atoms with E-state index in [1.165, 1.54) is 6.07 Å². The van der Waals surface area contributed by atoms with Crippen molar-refractivity contribution >= 4 is 22.4 Å². The molecule has 0 amide bonds. The van der Waals surface area contributed by atoms with E-state index >= 15 is 0 Å². The van der Waals surface area contributed by atoms with Gasteiger partial charge >= 0.3 is 0 Å². The number of rotatable bonds is 5. The minimum atomic E-state index is -0.377. The van der Waals surface area contributed by atoms with Crippen molar-refractivity contribution in [3.63, 3.8) is 0 Å². The molecule has 0 aliphatic heterocycles. The smallest absolute Gasteiger partial charge is 0.292 e. The number of hydrogen-bond acceptors (Lipinski definition) is 4. The standard InChI is InChI=1S/C17H18N4O2/c1-3-20-15-10-6-4-8-13(15)19-17(20)12(2)18-14-9-5-7-11-16(14)21(22)23/h4-12,18H,3H2,1-2H3. The lowest BCUT2D eigenvalue weighted by Crippen LogP contribution is -2.14. The Morgan fingerprint density at radius 2 is 1.91 bits per heavy atom. The molecule has 0 saturated heterocycles. The summed E-state index contributed by atoms with van der Waals surface area (Å²) >= 11 is 0. The van der Waals surface area contributed by atoms with Gasteiger partial charge in [-0.3, -0.25) is 10.1 Å². The molecule has 0 radical (unpaired) electrons. The molecule has 6 nitrogen and oxygen atoms in total. The number of benzene rings is 2. The van der Waals surface area contributed by atoms with E-state index in [-0.39, 0.29) is 16.7 Å². The van der Waals surface area contributed by atoms with Crippen molar-refractivity contribution < 1.29 is 4.92 Å². The van der Waals surface area contributed by atoms with E-state index < -0.39 is 0 Å². The zero-order valence-electron chi connectivity index (χ0n) is 13.1. The summed E-state index contributed by atoms with van der Waals surface area (Å²) in [5.41, 5.74) is 2.57. The van der Waals surface area contributed by atoms with Crippen LogP contribution in [0.25, 0.3) is 11.0 Å². The average molecular weight is 310 g/mol. The van der Waals surface area contributed by atoms with Crippen LogP contribution in [0, 0.1) is 10.1 Å². The number of aryl methyl sites for hydroxylation is 1. The summed E-state index contributed by atoms with van der Waals surface area (Å²) in [6.45, 7) is 4.82. The van der Waals surface area contributed by atoms with Gasteiger partial charge in [-0.05, 0) is 32.0 Å². The Bertz CT molecular complexity index is 857. The average Bonchev–Trinajstić information content (AvgIpc) is 2.93. The molecule has 0 saturated carbocycles. The zero-order chi connectivity index (χ0) is 16.4. The Hall–Kier alpha value is -2.89. The molecule has 118 valence electrons. The molecular formula is C17H18N4O2. The second-order valence-corrected chi connectivity index (χ2v) is 5.34. The molecule has 0 fully saturated rings. The van der Waals surface area contributed by atoms with E-state index in [0.29, 0.717) is 5.69 Å². The van der Waals surface area contributed by atoms with Gasteiger partial charge in [0.2, 0.25) is 0 Å². The number of nitrogens with one attached hydrogen (secondary N) is 1. The highest BCUT2D eigenvalue weighted by Crippen LogP contribution is 2.28. The first-order valence-electron chi connectivity index (χ1n) is 7.57. The number of nitrogens with zero attached hydrogens (tertiary/aromatic N) is 3. The number of imidazole rings is 1. The summed E-state index contributed by atoms with van der Waals surface area (Å²) in [6.07, 6.45) is 0. The van der Waals surface area contributed by atoms with Crippen LogP contribution in [0.1, 0.15) is 25.7 Å². The van der Waals surface area contributed by atoms with Crippen molar-refractivity contribution in [2.45, 2.75) is 26.4 Å². The third-order valence-corrected chi connectivity index (χ3v) is 3.86. The maximum Gasteiger partial charge on any atom is 0.292 e. The monoisotopic (exact) mass is 310 g/mol. The van der Waals surface area contributed by atoms with E-state index in [0.717, 1.165) is 23.4 Å². The molecule has 0 aliphatic rings. The SMILES string of the molecule is CCn1c(C(C)Nc2ccccc2[N+](=O)[O-])nc2ccccc21. The van der Waals surface area contributed by atoms with Crippen molar-refractivity contribution in [3.8, 4) is 0 Å². The van der Waals surface area contributed by atoms with Gasteiger partial charge in [-0.25, -0.2) is 4.98 Å². The van der Waals surface area contributed by atoms with Crippen molar-refractivity contribution in [2.75, 3.05) is 5.32 Å². The fourth-order valence-electron chi connectivity index (χ4n) is 2.81. The minimum Gasteiger partial charge on any atom is -0.370 e. The summed E-state index contributed by atoms with van der Waals surface area (Å²) in [6, 6.07) is 14.5. The van der Waals surface area contributed by atoms with Crippen LogP contribution < -0.4 is 5.32 Å². The molecule has 2 aromatic carbocycles. The fourth-order valence-corrected chi connectivity index (χ4v) is 2.81. The first kappa shape index (κ1) is 15.0. The molecule has 1 atom stereocenters. The van der Waals surface area contributed by atoms with E-state index in [1.54, 1.807) is 18.2 Å². The Balaban J connectivity index is 1.98. The molecule has 1 N–H and O–H groups in total. The molecule has 23 heavy (non-hydrogen) atoms. The van der Waals surface area contributed by atoms with Crippen molar-refractivity contribution in [1.29, 1.82) is 0 Å². The third-order valence-electron chi connectivity index (χ3n) is 3.86. The molecule has 1 unspecified atom stereocenters. The Kier molecular flexibility index (Phi) is 3.97. The Morgan fingerprint density at radius 3 is 2.65 bits per heavy atom. The van der Waals surface area contributed by atoms with Gasteiger partial charge in [-0.2, -0.15) is 0 Å². The number of nitro groups is 1. The molecule has 6 heteroatoms. The predicted molar refractivity (Wildman–Crippen MR) is 90.5 cm³/mol. The van der Waals surface area contributed by atoms with Gasteiger partial charge in [0.15, 0.2) is 0 Å². The molecular weight excluding hydrogens is 292 g/mol. The van der Waals surface area contributed by atoms with Crippen LogP contribution in [0.5, 0.6) is 0 Å². The predicted octanol–water partition coefficient (Wildman–Crippen LogP) is 4.14. The maximum atomic E-state index is 11.1. The van der Waals surface area contributed by atoms with Crippen LogP contribution in [0.15, 0.2) is 48.5 Å². The third kappa shape index (κ3) is 2.75. The summed E-state index contributed by atoms with van der Waals surface area (Å²) in [5, 5.41) is 14.4. The van der Waals surface area contributed by atoms with Gasteiger partial charge in [-0.15, -0.1) is 0 Å². The Labute approximate surface area is 133 Å². The maximum absolute atomic E-state index is 11.1. The van der Waals surface area contributed by atoms with Crippen LogP contribution >= 0.6 is 0 Å². The highest BCUT2D eigenvalue weighted by molar-refractivity contribution is 5.76. The Morgan fingerprint density at radius 1 is 1.22 bits per heavy atom. The summed E-state index contributed by atoms with van der Waals surface area (Å²) in [5.74, 6) is 0.867. The first-order valence-corrected chi connectivity index (χ1v) is 7.57. The molecule has 0 aliphatic carbocycles. The van der Waals surface area contributed by atoms with Crippen LogP contribution in [0.3, 0.4) is 0 Å². The number of nitro benzene ring substituents is 1. The van der Waals surface area contributed by atoms with Gasteiger partial charge < -0.3 is 9.88 Å². The summed E-state index contributed by atoms with van der Waals surface area (Å²) in [4.78, 5) is 15.5. The highest BCUT2D eigenvalue weighted by atomic mass is 16.6. The molecule has 1 aromatic heterocycles. The van der Waals surface area contributed by atoms with Crippen LogP contribution in [-0.2, 0) is 6.54 Å². The van der Waals surface area contributed by atoms with E-state index in [2.05, 4.69) is 21.8 Å². The summed E-state index contributed by atoms with van der Waals surface area (Å²) < 4.78 is 2.13. The van der Waals surface area contributed by atoms with Gasteiger partial charge in [0.05, 0.1) is 22.0 Å². The fraction of sp³-hybridized carbons (Fsp3) is 0.235. The molecule has 3 aromatic rings. The number of fused-ring (bicyclic) bond motifs is 1. The number of anilines is 1. The number of para-hydroxylation sites is 4. The van der Waals surface area contributed by atoms with E-state index in [9.17, 15) is 10.1 Å². The highest BCUT2D eigenvalue weighted by Gasteiger charge is 2.19. The van der Waals surface area contributed by atoms with Crippen LogP contribution in [0.4, 0.5) is 11.4 Å². The van der Waals surface area contributed by atoms with Crippen molar-refractivity contribution in [3.05, 3.63) is 64.5 Å². The molecule has 1 heterocycles. The van der Waals surface area contributed by atoms with Crippen molar-refractivity contribution in [2.24, 2.45) is 0 Å². The van der Waals surface area contributed by atoms with Crippen LogP contribution in [-0.4, -0.2) is 14.5 Å². The molecule has 3 rings (SSSR count). The van der Waals surface area contributed by atoms with Crippen LogP contribution in [0.2, 0.25) is 0 Å². The first-order chi connectivity index (χ1) is 11.1. The van der Waals surface area contributed by atoms with Crippen molar-refractivity contribution in [1.82, 2.24) is 9.55 Å². The van der Waals surface area contributed by atoms with Gasteiger partial charge in [0, 0.05) is 12.6 Å². The van der Waals surface area contributed by atoms with Gasteiger partial charge in [0.1, 0.15) is 11.5 Å². The lowest BCUT2D eigenvalue weighted by Gasteiger charge is -2.16. The number of aromatic nitrogens is 2. The van der Waals surface area contributed by atoms with Gasteiger partial charge in [-0.1, -0.05) is 24.3 Å². The molecule has 0 bridgehead atoms. The van der Waals surface area contributed by atoms with E-state index in [4.69, 9.17) is 0 Å². The second kappa shape index (κ2) is 6.08. The largest absolute Gasteiger partial charge is 0.370 e. The lowest BCUT2D eigenvalue weighted by atomic mass is 10.2. The normalized spacial score (nSPS) is 12.3. The number of hydrogen-bond donors (Lipinski definition) is 1. The quantitative estimate of drug-likeness (QED) is 0.568. The lowest BCUT2D eigenvalue weighted by molar-refractivity contribution is -0.384. The van der Waals surface area contributed by atoms with E-state index in [1.807, 2.05) is 31.2 Å². The zero-order valence-corrected chi connectivity index (χ0v) is 13.1. The second-order valence-electron chi connectivity index (χ2n) is 5.34. The summed E-state index contributed by atoms with van der Waals surface area (Å²) in [7, 11) is 0. The topological polar surface area (TPSA) is 73.0 Å². The van der Waals surface area contributed by atoms with Gasteiger partial charge in [0.25, 0.3) is 5.69 Å². The molecule has 0 spiro atoms. The minimum absolute atomic E-state index is 0.0681.